The number of hydrogen-bond acceptors (Lipinski definition) is 4. The topological polar surface area (TPSA) is 62.2 Å². The van der Waals surface area contributed by atoms with E-state index in [9.17, 15) is 4.79 Å². The van der Waals surface area contributed by atoms with Crippen LogP contribution >= 0.6 is 23.1 Å². The Morgan fingerprint density at radius 2 is 2.26 bits per heavy atom. The quantitative estimate of drug-likeness (QED) is 0.884. The van der Waals surface area contributed by atoms with E-state index in [1.165, 1.54) is 21.8 Å². The minimum absolute atomic E-state index is 0.260. The maximum Gasteiger partial charge on any atom is 0.405 e. The Morgan fingerprint density at radius 3 is 3.00 bits per heavy atom. The van der Waals surface area contributed by atoms with Gasteiger partial charge in [0.2, 0.25) is 0 Å². The summed E-state index contributed by atoms with van der Waals surface area (Å²) in [5.74, 6) is 0. The first-order chi connectivity index (χ1) is 9.19. The molecule has 0 radical (unpaired) electrons. The summed E-state index contributed by atoms with van der Waals surface area (Å²) in [5.41, 5.74) is 1.31. The van der Waals surface area contributed by atoms with E-state index in [0.717, 1.165) is 15.6 Å². The van der Waals surface area contributed by atoms with Crippen molar-refractivity contribution in [3.05, 3.63) is 41.0 Å². The zero-order chi connectivity index (χ0) is 13.7. The fourth-order valence-electron chi connectivity index (χ4n) is 1.58. The zero-order valence-electron chi connectivity index (χ0n) is 10.4. The van der Waals surface area contributed by atoms with E-state index in [0.29, 0.717) is 0 Å². The molecule has 0 aliphatic heterocycles. The second-order valence-corrected chi connectivity index (χ2v) is 6.25. The summed E-state index contributed by atoms with van der Waals surface area (Å²) < 4.78 is 1.07. The van der Waals surface area contributed by atoms with Gasteiger partial charge in [0.15, 0.2) is 0 Å². The van der Waals surface area contributed by atoms with Crippen molar-refractivity contribution in [2.24, 2.45) is 0 Å². The molecule has 0 aliphatic rings. The van der Waals surface area contributed by atoms with Crippen molar-refractivity contribution in [1.29, 1.82) is 0 Å². The molecule has 19 heavy (non-hydrogen) atoms. The maximum atomic E-state index is 10.4. The van der Waals surface area contributed by atoms with Gasteiger partial charge in [0.05, 0.1) is 17.0 Å². The number of aryl methyl sites for hydroxylation is 1. The molecule has 1 heterocycles. The van der Waals surface area contributed by atoms with E-state index in [1.54, 1.807) is 18.0 Å². The van der Waals surface area contributed by atoms with Gasteiger partial charge in [0, 0.05) is 4.90 Å². The predicted molar refractivity (Wildman–Crippen MR) is 76.9 cm³/mol. The van der Waals surface area contributed by atoms with Crippen LogP contribution in [0, 0.1) is 0 Å². The van der Waals surface area contributed by atoms with Gasteiger partial charge in [-0.3, -0.25) is 0 Å². The molecular formula is C13H14N2O2S2. The van der Waals surface area contributed by atoms with Crippen molar-refractivity contribution in [2.45, 2.75) is 29.0 Å². The second kappa shape index (κ2) is 6.58. The smallest absolute Gasteiger partial charge is 0.405 e. The van der Waals surface area contributed by atoms with E-state index in [4.69, 9.17) is 5.11 Å². The van der Waals surface area contributed by atoms with E-state index < -0.39 is 6.09 Å². The number of carboxylic acid groups (broad SMARTS) is 1. The molecule has 2 N–H and O–H groups in total. The highest BCUT2D eigenvalue weighted by Crippen LogP contribution is 2.34. The molecule has 0 unspecified atom stereocenters. The number of hydrogen-bond donors (Lipinski definition) is 2. The molecule has 1 amide bonds. The molecule has 2 aromatic rings. The third kappa shape index (κ3) is 3.97. The molecule has 0 aliphatic carbocycles. The highest BCUT2D eigenvalue weighted by molar-refractivity contribution is 8.01. The Balaban J connectivity index is 2.05. The average Bonchev–Trinajstić information content (AvgIpc) is 2.85. The SMILES string of the molecule is CCc1ccccc1Sc1cnc(CNC(=O)O)s1. The summed E-state index contributed by atoms with van der Waals surface area (Å²) in [6.45, 7) is 2.39. The lowest BCUT2D eigenvalue weighted by Crippen LogP contribution is -2.19. The normalized spacial score (nSPS) is 10.4. The van der Waals surface area contributed by atoms with Crippen LogP contribution in [0.1, 0.15) is 17.5 Å². The lowest BCUT2D eigenvalue weighted by molar-refractivity contribution is 0.194. The van der Waals surface area contributed by atoms with Crippen molar-refractivity contribution in [3.8, 4) is 0 Å². The summed E-state index contributed by atoms with van der Waals surface area (Å²) in [7, 11) is 0. The van der Waals surface area contributed by atoms with Crippen molar-refractivity contribution < 1.29 is 9.90 Å². The average molecular weight is 294 g/mol. The van der Waals surface area contributed by atoms with Crippen molar-refractivity contribution in [1.82, 2.24) is 10.3 Å². The predicted octanol–water partition coefficient (Wildman–Crippen LogP) is 3.62. The molecule has 0 saturated heterocycles. The molecule has 2 rings (SSSR count). The maximum absolute atomic E-state index is 10.4. The Morgan fingerprint density at radius 1 is 1.47 bits per heavy atom. The molecule has 0 bridgehead atoms. The Kier molecular flexibility index (Phi) is 4.81. The van der Waals surface area contributed by atoms with Gasteiger partial charge in [-0.25, -0.2) is 9.78 Å². The van der Waals surface area contributed by atoms with Gasteiger partial charge < -0.3 is 10.4 Å². The van der Waals surface area contributed by atoms with E-state index in [2.05, 4.69) is 29.4 Å². The van der Waals surface area contributed by atoms with Gasteiger partial charge in [-0.2, -0.15) is 0 Å². The number of rotatable bonds is 5. The van der Waals surface area contributed by atoms with Crippen LogP contribution in [-0.2, 0) is 13.0 Å². The first kappa shape index (κ1) is 13.9. The highest BCUT2D eigenvalue weighted by Gasteiger charge is 2.07. The molecule has 4 nitrogen and oxygen atoms in total. The number of benzene rings is 1. The summed E-state index contributed by atoms with van der Waals surface area (Å²) in [6, 6.07) is 8.28. The summed E-state index contributed by atoms with van der Waals surface area (Å²) in [6.07, 6.45) is 1.76. The number of nitrogens with zero attached hydrogens (tertiary/aromatic N) is 1. The van der Waals surface area contributed by atoms with E-state index in [1.807, 2.05) is 12.1 Å². The number of nitrogens with one attached hydrogen (secondary N) is 1. The molecule has 1 aromatic heterocycles. The zero-order valence-corrected chi connectivity index (χ0v) is 12.1. The van der Waals surface area contributed by atoms with Gasteiger partial charge in [-0.15, -0.1) is 11.3 Å². The van der Waals surface area contributed by atoms with Crippen molar-refractivity contribution in [2.75, 3.05) is 0 Å². The Hall–Kier alpha value is -1.53. The minimum Gasteiger partial charge on any atom is -0.465 e. The van der Waals surface area contributed by atoms with Gasteiger partial charge >= 0.3 is 6.09 Å². The second-order valence-electron chi connectivity index (χ2n) is 3.80. The van der Waals surface area contributed by atoms with Crippen LogP contribution in [-0.4, -0.2) is 16.2 Å². The third-order valence-electron chi connectivity index (χ3n) is 2.49. The number of carbonyl (C=O) groups is 1. The van der Waals surface area contributed by atoms with Gasteiger partial charge in [-0.1, -0.05) is 36.9 Å². The van der Waals surface area contributed by atoms with E-state index in [-0.39, 0.29) is 6.54 Å². The van der Waals surface area contributed by atoms with Crippen molar-refractivity contribution >= 4 is 29.2 Å². The van der Waals surface area contributed by atoms with Gasteiger partial charge in [-0.05, 0) is 18.1 Å². The van der Waals surface area contributed by atoms with Crippen LogP contribution in [0.5, 0.6) is 0 Å². The van der Waals surface area contributed by atoms with Crippen LogP contribution in [0.2, 0.25) is 0 Å². The fourth-order valence-corrected chi connectivity index (χ4v) is 3.70. The molecule has 1 aromatic carbocycles. The molecule has 0 atom stereocenters. The van der Waals surface area contributed by atoms with Gasteiger partial charge in [0.1, 0.15) is 5.01 Å². The summed E-state index contributed by atoms with van der Waals surface area (Å²) in [4.78, 5) is 15.9. The van der Waals surface area contributed by atoms with Crippen LogP contribution in [0.25, 0.3) is 0 Å². The molecule has 0 saturated carbocycles. The lowest BCUT2D eigenvalue weighted by Gasteiger charge is -2.04. The molecule has 6 heteroatoms. The monoisotopic (exact) mass is 294 g/mol. The van der Waals surface area contributed by atoms with Crippen LogP contribution in [0.15, 0.2) is 39.6 Å². The largest absolute Gasteiger partial charge is 0.465 e. The van der Waals surface area contributed by atoms with Crippen LogP contribution < -0.4 is 5.32 Å². The summed E-state index contributed by atoms with van der Waals surface area (Å²) in [5, 5.41) is 11.6. The fraction of sp³-hybridized carbons (Fsp3) is 0.231. The van der Waals surface area contributed by atoms with Crippen molar-refractivity contribution in [3.63, 3.8) is 0 Å². The minimum atomic E-state index is -1.03. The first-order valence-corrected chi connectivity index (χ1v) is 7.49. The van der Waals surface area contributed by atoms with Crippen LogP contribution in [0.3, 0.4) is 0 Å². The highest BCUT2D eigenvalue weighted by atomic mass is 32.2. The Labute approximate surface area is 119 Å². The molecule has 0 spiro atoms. The van der Waals surface area contributed by atoms with E-state index >= 15 is 0 Å². The summed E-state index contributed by atoms with van der Waals surface area (Å²) >= 11 is 3.19. The van der Waals surface area contributed by atoms with Crippen LogP contribution in [0.4, 0.5) is 4.79 Å². The number of thiazole rings is 1. The standard InChI is InChI=1S/C13H14N2O2S2/c1-2-9-5-3-4-6-10(9)18-12-8-14-11(19-12)7-15-13(16)17/h3-6,8,15H,2,7H2,1H3,(H,16,17). The van der Waals surface area contributed by atoms with Gasteiger partial charge in [0.25, 0.3) is 0 Å². The molecular weight excluding hydrogens is 280 g/mol. The lowest BCUT2D eigenvalue weighted by atomic mass is 10.2. The Bertz CT molecular complexity index is 569. The molecule has 0 fully saturated rings. The first-order valence-electron chi connectivity index (χ1n) is 5.86. The third-order valence-corrected chi connectivity index (χ3v) is 4.70. The number of amides is 1. The molecule has 100 valence electrons. The number of aromatic nitrogens is 1.